The van der Waals surface area contributed by atoms with E-state index in [0.29, 0.717) is 23.6 Å². The van der Waals surface area contributed by atoms with Crippen LogP contribution in [0.2, 0.25) is 0 Å². The van der Waals surface area contributed by atoms with Crippen molar-refractivity contribution in [3.63, 3.8) is 0 Å². The molecule has 30 heavy (non-hydrogen) atoms. The van der Waals surface area contributed by atoms with Gasteiger partial charge in [-0.2, -0.15) is 4.57 Å². The summed E-state index contributed by atoms with van der Waals surface area (Å²) in [7, 11) is 0. The van der Waals surface area contributed by atoms with Crippen molar-refractivity contribution in [2.75, 3.05) is 19.8 Å². The Morgan fingerprint density at radius 1 is 0.967 bits per heavy atom. The summed E-state index contributed by atoms with van der Waals surface area (Å²) in [6.45, 7) is 9.51. The molecule has 8 heteroatoms. The number of carbonyl (C=O) groups excluding carboxylic acids is 3. The molecule has 0 bridgehead atoms. The summed E-state index contributed by atoms with van der Waals surface area (Å²) >= 11 is 0. The first kappa shape index (κ1) is 23.3. The monoisotopic (exact) mass is 417 g/mol. The molecule has 2 rings (SSSR count). The van der Waals surface area contributed by atoms with Gasteiger partial charge in [0.15, 0.2) is 12.4 Å². The molecular formula is C22H29N2O6+. The summed E-state index contributed by atoms with van der Waals surface area (Å²) in [5, 5.41) is 0. The highest BCUT2D eigenvalue weighted by molar-refractivity contribution is 6.06. The van der Waals surface area contributed by atoms with Gasteiger partial charge >= 0.3 is 17.9 Å². The summed E-state index contributed by atoms with van der Waals surface area (Å²) in [4.78, 5) is 41.7. The number of allylic oxidation sites excluding steroid dienone is 1. The number of pyridine rings is 1. The van der Waals surface area contributed by atoms with Gasteiger partial charge in [-0.15, -0.1) is 0 Å². The van der Waals surface area contributed by atoms with Crippen molar-refractivity contribution in [1.29, 1.82) is 0 Å². The molecule has 0 radical (unpaired) electrons. The molecule has 0 amide bonds. The van der Waals surface area contributed by atoms with Crippen LogP contribution in [0.3, 0.4) is 0 Å². The molecule has 2 unspecified atom stereocenters. The van der Waals surface area contributed by atoms with Crippen LogP contribution >= 0.6 is 0 Å². The molecule has 2 atom stereocenters. The minimum atomic E-state index is -0.742. The number of nitrogens with zero attached hydrogens (tertiary/aromatic N) is 2. The highest BCUT2D eigenvalue weighted by Crippen LogP contribution is 2.39. The predicted octanol–water partition coefficient (Wildman–Crippen LogP) is 2.11. The molecular weight excluding hydrogens is 388 g/mol. The second kappa shape index (κ2) is 10.7. The third kappa shape index (κ3) is 5.31. The van der Waals surface area contributed by atoms with E-state index in [-0.39, 0.29) is 25.7 Å². The predicted molar refractivity (Wildman–Crippen MR) is 109 cm³/mol. The Morgan fingerprint density at radius 2 is 1.57 bits per heavy atom. The van der Waals surface area contributed by atoms with E-state index >= 15 is 0 Å². The van der Waals surface area contributed by atoms with Gasteiger partial charge < -0.3 is 14.2 Å². The van der Waals surface area contributed by atoms with Crippen LogP contribution in [0, 0.1) is 5.92 Å². The van der Waals surface area contributed by atoms with Crippen molar-refractivity contribution in [3.05, 3.63) is 41.4 Å². The van der Waals surface area contributed by atoms with Gasteiger partial charge in [-0.05, 0) is 40.2 Å². The first-order valence-corrected chi connectivity index (χ1v) is 10.1. The summed E-state index contributed by atoms with van der Waals surface area (Å²) < 4.78 is 17.2. The molecule has 2 heterocycles. The van der Waals surface area contributed by atoms with Crippen molar-refractivity contribution >= 4 is 23.6 Å². The van der Waals surface area contributed by atoms with E-state index in [0.717, 1.165) is 5.56 Å². The third-order valence-corrected chi connectivity index (χ3v) is 4.76. The maximum absolute atomic E-state index is 12.8. The second-order valence-electron chi connectivity index (χ2n) is 6.79. The van der Waals surface area contributed by atoms with Gasteiger partial charge in [0.05, 0.1) is 25.4 Å². The molecule has 0 aliphatic carbocycles. The Balaban J connectivity index is 2.48. The molecule has 1 aliphatic heterocycles. The average Bonchev–Trinajstić information content (AvgIpc) is 2.68. The van der Waals surface area contributed by atoms with Crippen molar-refractivity contribution in [2.45, 2.75) is 47.1 Å². The van der Waals surface area contributed by atoms with Crippen LogP contribution in [0.4, 0.5) is 0 Å². The fourth-order valence-corrected chi connectivity index (χ4v) is 3.55. The summed E-state index contributed by atoms with van der Waals surface area (Å²) in [5.74, 6) is -2.63. The lowest BCUT2D eigenvalue weighted by Crippen LogP contribution is -2.39. The Kier molecular flexibility index (Phi) is 8.26. The fourth-order valence-electron chi connectivity index (χ4n) is 3.55. The van der Waals surface area contributed by atoms with Crippen molar-refractivity contribution < 1.29 is 33.2 Å². The Labute approximate surface area is 176 Å². The van der Waals surface area contributed by atoms with Gasteiger partial charge in [0, 0.05) is 29.5 Å². The van der Waals surface area contributed by atoms with Crippen molar-refractivity contribution in [3.8, 4) is 0 Å². The maximum atomic E-state index is 12.8. The first-order chi connectivity index (χ1) is 14.3. The number of carbonyl (C=O) groups is 3. The van der Waals surface area contributed by atoms with Crippen molar-refractivity contribution in [2.24, 2.45) is 10.9 Å². The minimum absolute atomic E-state index is 0.0696. The van der Waals surface area contributed by atoms with Crippen LogP contribution in [0.5, 0.6) is 0 Å². The van der Waals surface area contributed by atoms with Gasteiger partial charge in [-0.3, -0.25) is 9.79 Å². The standard InChI is InChI=1S/C22H29N2O6/c1-6-28-17(25)13-24-11-9-16(10-12-24)20-18(21(26)29-7-2)14(4)23-15(5)19(20)22(27)30-8-3/h9-12,18,20H,6-8,13H2,1-5H3/q+1. The lowest BCUT2D eigenvalue weighted by molar-refractivity contribution is -0.686. The van der Waals surface area contributed by atoms with Gasteiger partial charge in [-0.25, -0.2) is 9.59 Å². The van der Waals surface area contributed by atoms with E-state index in [4.69, 9.17) is 14.2 Å². The zero-order valence-electron chi connectivity index (χ0n) is 18.1. The molecule has 0 aromatic carbocycles. The highest BCUT2D eigenvalue weighted by Gasteiger charge is 2.42. The van der Waals surface area contributed by atoms with Gasteiger partial charge in [-0.1, -0.05) is 0 Å². The fraction of sp³-hybridized carbons (Fsp3) is 0.500. The molecule has 1 aliphatic rings. The van der Waals surface area contributed by atoms with E-state index in [2.05, 4.69) is 4.99 Å². The summed E-state index contributed by atoms with van der Waals surface area (Å²) in [5.41, 5.74) is 2.15. The smallest absolute Gasteiger partial charge is 0.372 e. The topological polar surface area (TPSA) is 95.1 Å². The molecule has 0 fully saturated rings. The molecule has 0 N–H and O–H groups in total. The van der Waals surface area contributed by atoms with Crippen LogP contribution in [0.15, 0.2) is 40.8 Å². The molecule has 0 spiro atoms. The molecule has 1 aromatic rings. The van der Waals surface area contributed by atoms with Crippen molar-refractivity contribution in [1.82, 2.24) is 0 Å². The van der Waals surface area contributed by atoms with E-state index in [1.54, 1.807) is 63.7 Å². The number of aromatic nitrogens is 1. The molecule has 1 aromatic heterocycles. The van der Waals surface area contributed by atoms with E-state index in [1.807, 2.05) is 0 Å². The third-order valence-electron chi connectivity index (χ3n) is 4.76. The quantitative estimate of drug-likeness (QED) is 0.365. The zero-order valence-corrected chi connectivity index (χ0v) is 18.1. The maximum Gasteiger partial charge on any atom is 0.372 e. The number of aliphatic imine (C=N–C) groups is 1. The first-order valence-electron chi connectivity index (χ1n) is 10.1. The summed E-state index contributed by atoms with van der Waals surface area (Å²) in [6.07, 6.45) is 3.43. The van der Waals surface area contributed by atoms with E-state index in [9.17, 15) is 14.4 Å². The summed E-state index contributed by atoms with van der Waals surface area (Å²) in [6, 6.07) is 3.56. The zero-order chi connectivity index (χ0) is 22.3. The minimum Gasteiger partial charge on any atom is -0.465 e. The average molecular weight is 417 g/mol. The lowest BCUT2D eigenvalue weighted by Gasteiger charge is -2.31. The second-order valence-corrected chi connectivity index (χ2v) is 6.79. The van der Waals surface area contributed by atoms with E-state index in [1.165, 1.54) is 0 Å². The van der Waals surface area contributed by atoms with Gasteiger partial charge in [0.25, 0.3) is 0 Å². The largest absolute Gasteiger partial charge is 0.465 e. The van der Waals surface area contributed by atoms with Crippen LogP contribution in [-0.2, 0) is 35.1 Å². The Bertz CT molecular complexity index is 857. The van der Waals surface area contributed by atoms with Crippen LogP contribution < -0.4 is 4.57 Å². The molecule has 8 nitrogen and oxygen atoms in total. The van der Waals surface area contributed by atoms with Crippen LogP contribution in [0.1, 0.15) is 46.1 Å². The number of hydrogen-bond acceptors (Lipinski definition) is 7. The highest BCUT2D eigenvalue weighted by atomic mass is 16.5. The molecule has 0 saturated heterocycles. The molecule has 162 valence electrons. The SMILES string of the molecule is CCOC(=O)C[n+]1ccc(C2C(C(=O)OCC)=C(C)N=C(C)C2C(=O)OCC)cc1. The normalized spacial score (nSPS) is 18.5. The Morgan fingerprint density at radius 3 is 2.13 bits per heavy atom. The van der Waals surface area contributed by atoms with Gasteiger partial charge in [0.2, 0.25) is 6.54 Å². The lowest BCUT2D eigenvalue weighted by atomic mass is 9.76. The number of rotatable bonds is 8. The van der Waals surface area contributed by atoms with Crippen LogP contribution in [-0.4, -0.2) is 43.4 Å². The number of esters is 3. The molecule has 0 saturated carbocycles. The van der Waals surface area contributed by atoms with E-state index < -0.39 is 23.8 Å². The number of hydrogen-bond donors (Lipinski definition) is 0. The Hall–Kier alpha value is -3.03. The van der Waals surface area contributed by atoms with Crippen LogP contribution in [0.25, 0.3) is 0 Å². The number of ether oxygens (including phenoxy) is 3. The van der Waals surface area contributed by atoms with Gasteiger partial charge in [0.1, 0.15) is 5.92 Å².